The molecule has 1 aromatic carbocycles. The number of nitrogens with two attached hydrogens (primary N) is 1. The van der Waals surface area contributed by atoms with Crippen LogP contribution < -0.4 is 10.5 Å². The molecule has 15 heavy (non-hydrogen) atoms. The first-order valence-corrected chi connectivity index (χ1v) is 5.02. The van der Waals surface area contributed by atoms with Crippen LogP contribution in [0.25, 0.3) is 0 Å². The molecule has 0 fully saturated rings. The lowest BCUT2D eigenvalue weighted by molar-refractivity contribution is 0.104. The van der Waals surface area contributed by atoms with Crippen LogP contribution in [0.5, 0.6) is 5.75 Å². The van der Waals surface area contributed by atoms with E-state index < -0.39 is 0 Å². The maximum atomic E-state index is 13.0. The second kappa shape index (κ2) is 4.09. The highest BCUT2D eigenvalue weighted by Gasteiger charge is 2.22. The Bertz CT molecular complexity index is 344. The molecule has 1 unspecified atom stereocenters. The quantitative estimate of drug-likeness (QED) is 0.762. The van der Waals surface area contributed by atoms with Crippen molar-refractivity contribution in [2.45, 2.75) is 33.8 Å². The van der Waals surface area contributed by atoms with Gasteiger partial charge in [0, 0.05) is 6.07 Å². The van der Waals surface area contributed by atoms with Crippen LogP contribution in [0, 0.1) is 11.2 Å². The van der Waals surface area contributed by atoms with Gasteiger partial charge in [-0.25, -0.2) is 4.39 Å². The van der Waals surface area contributed by atoms with Gasteiger partial charge in [0.05, 0.1) is 5.69 Å². The second-order valence-electron chi connectivity index (χ2n) is 4.81. The molecule has 0 amide bonds. The van der Waals surface area contributed by atoms with Crippen molar-refractivity contribution in [1.29, 1.82) is 0 Å². The molecule has 0 bridgehead atoms. The molecule has 1 rings (SSSR count). The molecule has 1 aromatic rings. The van der Waals surface area contributed by atoms with Gasteiger partial charge in [-0.2, -0.15) is 0 Å². The lowest BCUT2D eigenvalue weighted by Crippen LogP contribution is -2.29. The summed E-state index contributed by atoms with van der Waals surface area (Å²) in [4.78, 5) is 0. The maximum absolute atomic E-state index is 13.0. The van der Waals surface area contributed by atoms with Crippen molar-refractivity contribution in [3.05, 3.63) is 24.0 Å². The van der Waals surface area contributed by atoms with E-state index >= 15 is 0 Å². The minimum atomic E-state index is -0.333. The Labute approximate surface area is 90.2 Å². The summed E-state index contributed by atoms with van der Waals surface area (Å²) in [5, 5.41) is 0. The molecule has 0 aliphatic heterocycles. The monoisotopic (exact) mass is 211 g/mol. The highest BCUT2D eigenvalue weighted by atomic mass is 19.1. The standard InChI is InChI=1S/C12H18FNO/c1-8(12(2,3)4)15-11-7-9(13)5-6-10(11)14/h5-8H,14H2,1-4H3. The van der Waals surface area contributed by atoms with Gasteiger partial charge in [0.15, 0.2) is 0 Å². The number of rotatable bonds is 2. The number of nitrogen functional groups attached to an aromatic ring is 1. The van der Waals surface area contributed by atoms with E-state index in [0.29, 0.717) is 11.4 Å². The molecular formula is C12H18FNO. The molecule has 0 aliphatic carbocycles. The number of ether oxygens (including phenoxy) is 1. The fourth-order valence-electron chi connectivity index (χ4n) is 0.977. The third-order valence-electron chi connectivity index (χ3n) is 2.50. The first kappa shape index (κ1) is 11.8. The Kier molecular flexibility index (Phi) is 3.22. The van der Waals surface area contributed by atoms with Gasteiger partial charge in [-0.05, 0) is 24.5 Å². The molecular weight excluding hydrogens is 193 g/mol. The molecule has 0 saturated heterocycles. The van der Waals surface area contributed by atoms with Gasteiger partial charge >= 0.3 is 0 Å². The molecule has 84 valence electrons. The maximum Gasteiger partial charge on any atom is 0.145 e. The minimum Gasteiger partial charge on any atom is -0.488 e. The highest BCUT2D eigenvalue weighted by molar-refractivity contribution is 5.52. The SMILES string of the molecule is CC(Oc1cc(F)ccc1N)C(C)(C)C. The smallest absolute Gasteiger partial charge is 0.145 e. The van der Waals surface area contributed by atoms with E-state index in [1.54, 1.807) is 0 Å². The fourth-order valence-corrected chi connectivity index (χ4v) is 0.977. The van der Waals surface area contributed by atoms with Crippen molar-refractivity contribution >= 4 is 5.69 Å². The van der Waals surface area contributed by atoms with E-state index in [2.05, 4.69) is 20.8 Å². The van der Waals surface area contributed by atoms with E-state index in [1.807, 2.05) is 6.92 Å². The summed E-state index contributed by atoms with van der Waals surface area (Å²) in [6, 6.07) is 4.15. The summed E-state index contributed by atoms with van der Waals surface area (Å²) in [5.41, 5.74) is 6.15. The molecule has 0 aliphatic rings. The van der Waals surface area contributed by atoms with Gasteiger partial charge < -0.3 is 10.5 Å². The first-order valence-electron chi connectivity index (χ1n) is 5.02. The van der Waals surface area contributed by atoms with Gasteiger partial charge in [-0.15, -0.1) is 0 Å². The van der Waals surface area contributed by atoms with Gasteiger partial charge in [0.25, 0.3) is 0 Å². The Morgan fingerprint density at radius 2 is 1.93 bits per heavy atom. The minimum absolute atomic E-state index is 0.00123. The summed E-state index contributed by atoms with van der Waals surface area (Å²) in [6.45, 7) is 8.14. The van der Waals surface area contributed by atoms with Crippen LogP contribution in [0.15, 0.2) is 18.2 Å². The number of anilines is 1. The Hall–Kier alpha value is -1.25. The molecule has 3 heteroatoms. The summed E-state index contributed by atoms with van der Waals surface area (Å²) in [7, 11) is 0. The lowest BCUT2D eigenvalue weighted by atomic mass is 9.90. The topological polar surface area (TPSA) is 35.2 Å². The largest absolute Gasteiger partial charge is 0.488 e. The van der Waals surface area contributed by atoms with Gasteiger partial charge in [-0.1, -0.05) is 20.8 Å². The fraction of sp³-hybridized carbons (Fsp3) is 0.500. The zero-order chi connectivity index (χ0) is 11.6. The van der Waals surface area contributed by atoms with Crippen LogP contribution in [0.3, 0.4) is 0 Å². The van der Waals surface area contributed by atoms with E-state index in [0.717, 1.165) is 0 Å². The first-order chi connectivity index (χ1) is 6.80. The van der Waals surface area contributed by atoms with Crippen molar-refractivity contribution in [1.82, 2.24) is 0 Å². The third kappa shape index (κ3) is 3.11. The lowest BCUT2D eigenvalue weighted by Gasteiger charge is -2.28. The number of hydrogen-bond donors (Lipinski definition) is 1. The molecule has 2 nitrogen and oxygen atoms in total. The van der Waals surface area contributed by atoms with E-state index in [-0.39, 0.29) is 17.3 Å². The Balaban J connectivity index is 2.85. The predicted molar refractivity (Wildman–Crippen MR) is 60.4 cm³/mol. The Morgan fingerprint density at radius 1 is 1.33 bits per heavy atom. The summed E-state index contributed by atoms with van der Waals surface area (Å²) >= 11 is 0. The van der Waals surface area contributed by atoms with Crippen LogP contribution in [0.2, 0.25) is 0 Å². The number of benzene rings is 1. The van der Waals surface area contributed by atoms with Crippen LogP contribution in [0.4, 0.5) is 10.1 Å². The molecule has 0 spiro atoms. The second-order valence-corrected chi connectivity index (χ2v) is 4.81. The zero-order valence-corrected chi connectivity index (χ0v) is 9.67. The van der Waals surface area contributed by atoms with Crippen molar-refractivity contribution < 1.29 is 9.13 Å². The van der Waals surface area contributed by atoms with Crippen LogP contribution in [0.1, 0.15) is 27.7 Å². The van der Waals surface area contributed by atoms with Gasteiger partial charge in [0.1, 0.15) is 17.7 Å². The Morgan fingerprint density at radius 3 is 2.47 bits per heavy atom. The van der Waals surface area contributed by atoms with Gasteiger partial charge in [-0.3, -0.25) is 0 Å². The van der Waals surface area contributed by atoms with Crippen LogP contribution >= 0.6 is 0 Å². The third-order valence-corrected chi connectivity index (χ3v) is 2.50. The van der Waals surface area contributed by atoms with E-state index in [1.165, 1.54) is 18.2 Å². The summed E-state index contributed by atoms with van der Waals surface area (Å²) < 4.78 is 18.6. The molecule has 0 heterocycles. The van der Waals surface area contributed by atoms with Crippen molar-refractivity contribution in [2.75, 3.05) is 5.73 Å². The molecule has 0 radical (unpaired) electrons. The van der Waals surface area contributed by atoms with Crippen LogP contribution in [-0.2, 0) is 0 Å². The molecule has 0 saturated carbocycles. The summed E-state index contributed by atoms with van der Waals surface area (Å²) in [5.74, 6) is 0.0812. The van der Waals surface area contributed by atoms with Gasteiger partial charge in [0.2, 0.25) is 0 Å². The van der Waals surface area contributed by atoms with E-state index in [9.17, 15) is 4.39 Å². The zero-order valence-electron chi connectivity index (χ0n) is 9.67. The molecule has 2 N–H and O–H groups in total. The average molecular weight is 211 g/mol. The number of hydrogen-bond acceptors (Lipinski definition) is 2. The average Bonchev–Trinajstić information content (AvgIpc) is 2.09. The summed E-state index contributed by atoms with van der Waals surface area (Å²) in [6.07, 6.45) is -0.0263. The molecule has 0 aromatic heterocycles. The van der Waals surface area contributed by atoms with Crippen molar-refractivity contribution in [2.24, 2.45) is 5.41 Å². The number of halogens is 1. The predicted octanol–water partition coefficient (Wildman–Crippen LogP) is 3.22. The van der Waals surface area contributed by atoms with Crippen LogP contribution in [-0.4, -0.2) is 6.10 Å². The van der Waals surface area contributed by atoms with Crippen molar-refractivity contribution in [3.8, 4) is 5.75 Å². The van der Waals surface area contributed by atoms with Crippen molar-refractivity contribution in [3.63, 3.8) is 0 Å². The normalized spacial score (nSPS) is 13.7. The van der Waals surface area contributed by atoms with E-state index in [4.69, 9.17) is 10.5 Å². The molecule has 1 atom stereocenters. The highest BCUT2D eigenvalue weighted by Crippen LogP contribution is 2.28.